The van der Waals surface area contributed by atoms with Crippen molar-refractivity contribution < 1.29 is 14.3 Å². The van der Waals surface area contributed by atoms with Crippen molar-refractivity contribution in [2.45, 2.75) is 116 Å². The highest BCUT2D eigenvalue weighted by Crippen LogP contribution is 2.26. The lowest BCUT2D eigenvalue weighted by Gasteiger charge is -2.33. The molecule has 2 aliphatic rings. The quantitative estimate of drug-likeness (QED) is 0.327. The van der Waals surface area contributed by atoms with E-state index in [1.807, 2.05) is 20.8 Å². The molecule has 8 nitrogen and oxygen atoms in total. The number of piperidine rings is 1. The zero-order chi connectivity index (χ0) is 26.8. The number of carbonyl (C=O) groups excluding carboxylic acids is 1. The molecule has 1 aromatic rings. The number of hydrogen-bond acceptors (Lipinski definition) is 6. The van der Waals surface area contributed by atoms with E-state index in [1.54, 1.807) is 11.1 Å². The Kier molecular flexibility index (Phi) is 11.6. The molecule has 1 unspecified atom stereocenters. The molecule has 2 atom stereocenters. The van der Waals surface area contributed by atoms with Crippen LogP contribution in [0.2, 0.25) is 5.02 Å². The fraction of sp³-hybridized carbons (Fsp3) is 0.821. The summed E-state index contributed by atoms with van der Waals surface area (Å²) in [6, 6.07) is -0.0898. The van der Waals surface area contributed by atoms with Crippen LogP contribution < -0.4 is 10.9 Å². The number of nitrogens with one attached hydrogen (secondary N) is 1. The van der Waals surface area contributed by atoms with Crippen molar-refractivity contribution in [1.82, 2.24) is 14.7 Å². The summed E-state index contributed by atoms with van der Waals surface area (Å²) in [5.41, 5.74) is -0.244. The number of halogens is 1. The molecule has 3 heterocycles. The van der Waals surface area contributed by atoms with Gasteiger partial charge >= 0.3 is 6.09 Å². The maximum atomic E-state index is 13.0. The normalized spacial score (nSPS) is 21.2. The highest BCUT2D eigenvalue weighted by atomic mass is 35.5. The van der Waals surface area contributed by atoms with Crippen LogP contribution in [0.25, 0.3) is 0 Å². The third-order valence-corrected chi connectivity index (χ3v) is 7.70. The monoisotopic (exact) mass is 538 g/mol. The van der Waals surface area contributed by atoms with E-state index in [1.165, 1.54) is 43.2 Å². The van der Waals surface area contributed by atoms with E-state index in [9.17, 15) is 9.59 Å². The van der Waals surface area contributed by atoms with Crippen LogP contribution in [0.5, 0.6) is 0 Å². The van der Waals surface area contributed by atoms with Crippen molar-refractivity contribution in [3.05, 3.63) is 21.6 Å². The number of nitrogens with zero attached hydrogens (tertiary/aromatic N) is 3. The number of unbranched alkanes of at least 4 members (excludes halogenated alkanes) is 5. The lowest BCUT2D eigenvalue weighted by molar-refractivity contribution is -0.0175. The zero-order valence-corrected chi connectivity index (χ0v) is 24.0. The number of ether oxygens (including phenoxy) is 2. The summed E-state index contributed by atoms with van der Waals surface area (Å²) in [7, 11) is 0. The average molecular weight is 539 g/mol. The molecule has 37 heavy (non-hydrogen) atoms. The molecule has 0 bridgehead atoms. The van der Waals surface area contributed by atoms with Crippen LogP contribution in [0.1, 0.15) is 104 Å². The summed E-state index contributed by atoms with van der Waals surface area (Å²) in [5.74, 6) is 0.400. The first-order valence-electron chi connectivity index (χ1n) is 14.3. The summed E-state index contributed by atoms with van der Waals surface area (Å²) in [5, 5.41) is 7.91. The molecular formula is C28H47ClN4O4. The van der Waals surface area contributed by atoms with E-state index in [0.717, 1.165) is 25.9 Å². The van der Waals surface area contributed by atoms with E-state index in [2.05, 4.69) is 17.3 Å². The van der Waals surface area contributed by atoms with Gasteiger partial charge in [-0.1, -0.05) is 57.0 Å². The van der Waals surface area contributed by atoms with Gasteiger partial charge in [0.25, 0.3) is 5.56 Å². The molecule has 210 valence electrons. The van der Waals surface area contributed by atoms with E-state index < -0.39 is 5.60 Å². The van der Waals surface area contributed by atoms with E-state index in [0.29, 0.717) is 50.2 Å². The summed E-state index contributed by atoms with van der Waals surface area (Å²) in [4.78, 5) is 27.0. The third-order valence-electron chi connectivity index (χ3n) is 7.33. The molecule has 9 heteroatoms. The molecule has 0 saturated carbocycles. The minimum absolute atomic E-state index is 0.0898. The van der Waals surface area contributed by atoms with Crippen molar-refractivity contribution in [2.24, 2.45) is 5.92 Å². The lowest BCUT2D eigenvalue weighted by Crippen LogP contribution is -2.43. The molecule has 3 rings (SSSR count). The Hall–Kier alpha value is -1.80. The molecular weight excluding hydrogens is 492 g/mol. The molecule has 0 aliphatic carbocycles. The Labute approximate surface area is 227 Å². The molecule has 1 amide bonds. The SMILES string of the molecule is CCCCCCCCC1CC[C@@H](CNc2cnn(C3CCN(C(=O)OC(C)(C)C)CC3)c(=O)c2Cl)CO1. The Balaban J connectivity index is 1.41. The average Bonchev–Trinajstić information content (AvgIpc) is 2.87. The second kappa shape index (κ2) is 14.4. The first-order chi connectivity index (χ1) is 17.7. The predicted octanol–water partition coefficient (Wildman–Crippen LogP) is 6.43. The first kappa shape index (κ1) is 29.8. The summed E-state index contributed by atoms with van der Waals surface area (Å²) >= 11 is 6.46. The largest absolute Gasteiger partial charge is 0.444 e. The molecule has 2 aliphatic heterocycles. The lowest BCUT2D eigenvalue weighted by atomic mass is 9.95. The molecule has 0 spiro atoms. The Morgan fingerprint density at radius 2 is 1.84 bits per heavy atom. The summed E-state index contributed by atoms with van der Waals surface area (Å²) in [6.45, 7) is 10.3. The second-order valence-electron chi connectivity index (χ2n) is 11.7. The summed E-state index contributed by atoms with van der Waals surface area (Å²) in [6.07, 6.45) is 14.3. The number of amides is 1. The van der Waals surface area contributed by atoms with Crippen LogP contribution in [0, 0.1) is 5.92 Å². The molecule has 0 aromatic carbocycles. The van der Waals surface area contributed by atoms with E-state index in [4.69, 9.17) is 21.1 Å². The molecule has 2 saturated heterocycles. The highest BCUT2D eigenvalue weighted by molar-refractivity contribution is 6.32. The van der Waals surface area contributed by atoms with Crippen LogP contribution in [0.4, 0.5) is 10.5 Å². The number of likely N-dealkylation sites (tertiary alicyclic amines) is 1. The van der Waals surface area contributed by atoms with Gasteiger partial charge in [0.15, 0.2) is 0 Å². The number of hydrogen-bond donors (Lipinski definition) is 1. The van der Waals surface area contributed by atoms with E-state index >= 15 is 0 Å². The fourth-order valence-corrected chi connectivity index (χ4v) is 5.31. The fourth-order valence-electron chi connectivity index (χ4n) is 5.10. The highest BCUT2D eigenvalue weighted by Gasteiger charge is 2.29. The third kappa shape index (κ3) is 9.47. The van der Waals surface area contributed by atoms with Gasteiger partial charge in [0, 0.05) is 19.6 Å². The molecule has 2 fully saturated rings. The minimum atomic E-state index is -0.526. The summed E-state index contributed by atoms with van der Waals surface area (Å²) < 4.78 is 13.0. The van der Waals surface area contributed by atoms with Gasteiger partial charge in [-0.25, -0.2) is 9.48 Å². The van der Waals surface area contributed by atoms with Gasteiger partial charge in [-0.3, -0.25) is 4.79 Å². The van der Waals surface area contributed by atoms with Gasteiger partial charge in [0.1, 0.15) is 10.6 Å². The van der Waals surface area contributed by atoms with Crippen LogP contribution in [-0.2, 0) is 9.47 Å². The van der Waals surface area contributed by atoms with Crippen molar-refractivity contribution in [1.29, 1.82) is 0 Å². The van der Waals surface area contributed by atoms with Crippen LogP contribution in [0.15, 0.2) is 11.0 Å². The van der Waals surface area contributed by atoms with Crippen LogP contribution >= 0.6 is 11.6 Å². The number of carbonyl (C=O) groups is 1. The molecule has 1 N–H and O–H groups in total. The van der Waals surface area contributed by atoms with Crippen molar-refractivity contribution in [2.75, 3.05) is 31.6 Å². The van der Waals surface area contributed by atoms with Gasteiger partial charge in [0.05, 0.1) is 30.6 Å². The van der Waals surface area contributed by atoms with Crippen molar-refractivity contribution in [3.63, 3.8) is 0 Å². The Morgan fingerprint density at radius 3 is 2.49 bits per heavy atom. The first-order valence-corrected chi connectivity index (χ1v) is 14.7. The number of rotatable bonds is 11. The smallest absolute Gasteiger partial charge is 0.410 e. The minimum Gasteiger partial charge on any atom is -0.444 e. The maximum absolute atomic E-state index is 13.0. The van der Waals surface area contributed by atoms with Gasteiger partial charge in [0.2, 0.25) is 0 Å². The van der Waals surface area contributed by atoms with Gasteiger partial charge in [-0.15, -0.1) is 0 Å². The molecule has 1 aromatic heterocycles. The zero-order valence-electron chi connectivity index (χ0n) is 23.3. The Morgan fingerprint density at radius 1 is 1.14 bits per heavy atom. The van der Waals surface area contributed by atoms with Gasteiger partial charge < -0.3 is 19.7 Å². The second-order valence-corrected chi connectivity index (χ2v) is 12.0. The topological polar surface area (TPSA) is 85.7 Å². The predicted molar refractivity (Wildman–Crippen MR) is 149 cm³/mol. The standard InChI is InChI=1S/C28H47ClN4O4/c1-5-6-7-8-9-10-11-23-13-12-21(20-36-23)18-30-24-19-31-33(26(34)25(24)29)22-14-16-32(17-15-22)27(35)37-28(2,3)4/h19,21-23,30H,5-18,20H2,1-4H3/t21-,23?/m0/s1. The molecule has 0 radical (unpaired) electrons. The van der Waals surface area contributed by atoms with Crippen molar-refractivity contribution >= 4 is 23.4 Å². The van der Waals surface area contributed by atoms with Crippen molar-refractivity contribution in [3.8, 4) is 0 Å². The number of aromatic nitrogens is 2. The Bertz CT molecular complexity index is 900. The van der Waals surface area contributed by atoms with Crippen LogP contribution in [0.3, 0.4) is 0 Å². The van der Waals surface area contributed by atoms with Gasteiger partial charge in [-0.05, 0) is 58.8 Å². The maximum Gasteiger partial charge on any atom is 0.410 e. The van der Waals surface area contributed by atoms with Crippen LogP contribution in [-0.4, -0.2) is 58.7 Å². The van der Waals surface area contributed by atoms with Gasteiger partial charge in [-0.2, -0.15) is 5.10 Å². The van der Waals surface area contributed by atoms with E-state index in [-0.39, 0.29) is 22.7 Å². The number of anilines is 1.